The zero-order chi connectivity index (χ0) is 11.1. The lowest BCUT2D eigenvalue weighted by Gasteiger charge is -1.95. The molecule has 0 fully saturated rings. The van der Waals surface area contributed by atoms with Crippen LogP contribution in [0.2, 0.25) is 0 Å². The molecule has 2 N–H and O–H groups in total. The molecule has 1 heterocycles. The van der Waals surface area contributed by atoms with Crippen molar-refractivity contribution < 1.29 is 0 Å². The monoisotopic (exact) mass is 226 g/mol. The number of hydrogen-bond donors (Lipinski definition) is 1. The highest BCUT2D eigenvalue weighted by Crippen LogP contribution is 2.21. The molecule has 86 valence electrons. The first-order chi connectivity index (χ1) is 7.31. The Morgan fingerprint density at radius 2 is 2.00 bits per heavy atom. The first kappa shape index (κ1) is 12.7. The minimum atomic E-state index is 0.799. The van der Waals surface area contributed by atoms with E-state index >= 15 is 0 Å². The molecule has 2 nitrogen and oxygen atoms in total. The Labute approximate surface area is 96.9 Å². The molecular weight excluding hydrogens is 204 g/mol. The Bertz CT molecular complexity index is 281. The summed E-state index contributed by atoms with van der Waals surface area (Å²) in [5.74, 6) is 0. The second-order valence-corrected chi connectivity index (χ2v) is 4.99. The summed E-state index contributed by atoms with van der Waals surface area (Å²) in [4.78, 5) is 6.21. The van der Waals surface area contributed by atoms with Crippen molar-refractivity contribution in [3.05, 3.63) is 15.6 Å². The van der Waals surface area contributed by atoms with Gasteiger partial charge in [0.15, 0.2) is 0 Å². The fourth-order valence-electron chi connectivity index (χ4n) is 1.67. The van der Waals surface area contributed by atoms with Gasteiger partial charge >= 0.3 is 0 Å². The van der Waals surface area contributed by atoms with Gasteiger partial charge in [-0.15, -0.1) is 11.3 Å². The number of nitrogens with zero attached hydrogens (tertiary/aromatic N) is 1. The van der Waals surface area contributed by atoms with Gasteiger partial charge in [-0.25, -0.2) is 4.98 Å². The highest BCUT2D eigenvalue weighted by Gasteiger charge is 2.08. The van der Waals surface area contributed by atoms with Crippen LogP contribution in [0.15, 0.2) is 0 Å². The largest absolute Gasteiger partial charge is 0.330 e. The van der Waals surface area contributed by atoms with Crippen LogP contribution in [0.1, 0.15) is 48.7 Å². The molecule has 0 atom stereocenters. The average Bonchev–Trinajstić information content (AvgIpc) is 2.62. The smallest absolute Gasteiger partial charge is 0.0931 e. The van der Waals surface area contributed by atoms with Crippen LogP contribution >= 0.6 is 11.3 Å². The fraction of sp³-hybridized carbons (Fsp3) is 0.750. The van der Waals surface area contributed by atoms with E-state index < -0.39 is 0 Å². The Morgan fingerprint density at radius 3 is 2.60 bits per heavy atom. The maximum atomic E-state index is 5.48. The summed E-state index contributed by atoms with van der Waals surface area (Å²) in [6.07, 6.45) is 6.86. The predicted octanol–water partition coefficient (Wildman–Crippen LogP) is 2.94. The first-order valence-electron chi connectivity index (χ1n) is 5.99. The normalized spacial score (nSPS) is 10.9. The minimum Gasteiger partial charge on any atom is -0.330 e. The van der Waals surface area contributed by atoms with Gasteiger partial charge in [-0.3, -0.25) is 0 Å². The van der Waals surface area contributed by atoms with E-state index in [2.05, 4.69) is 13.8 Å². The first-order valence-corrected chi connectivity index (χ1v) is 6.81. The molecule has 0 amide bonds. The van der Waals surface area contributed by atoms with E-state index in [0.29, 0.717) is 0 Å². The maximum Gasteiger partial charge on any atom is 0.0931 e. The van der Waals surface area contributed by atoms with Crippen molar-refractivity contribution in [2.45, 2.75) is 52.4 Å². The van der Waals surface area contributed by atoms with Gasteiger partial charge in [0.2, 0.25) is 0 Å². The molecule has 0 spiro atoms. The summed E-state index contributed by atoms with van der Waals surface area (Å²) in [5, 5.41) is 1.31. The van der Waals surface area contributed by atoms with Crippen LogP contribution < -0.4 is 5.73 Å². The van der Waals surface area contributed by atoms with Crippen molar-refractivity contribution in [3.8, 4) is 0 Å². The van der Waals surface area contributed by atoms with E-state index in [1.807, 2.05) is 11.3 Å². The third kappa shape index (κ3) is 3.92. The molecule has 0 aliphatic rings. The number of aryl methyl sites for hydroxylation is 3. The van der Waals surface area contributed by atoms with Gasteiger partial charge in [0.25, 0.3) is 0 Å². The summed E-state index contributed by atoms with van der Waals surface area (Å²) in [6, 6.07) is 0. The standard InChI is InChI=1S/C12H22N2S/c1-3-7-10-11(4-2)15-12(14-10)8-5-6-9-13/h3-9,13H2,1-2H3. The number of thiazole rings is 1. The van der Waals surface area contributed by atoms with Crippen LogP contribution in [0.25, 0.3) is 0 Å². The fourth-order valence-corrected chi connectivity index (χ4v) is 2.77. The molecule has 0 saturated carbocycles. The van der Waals surface area contributed by atoms with E-state index in [-0.39, 0.29) is 0 Å². The van der Waals surface area contributed by atoms with Crippen LogP contribution in [0.3, 0.4) is 0 Å². The quantitative estimate of drug-likeness (QED) is 0.726. The average molecular weight is 226 g/mol. The zero-order valence-corrected chi connectivity index (χ0v) is 10.7. The Balaban J connectivity index is 2.57. The van der Waals surface area contributed by atoms with Crippen LogP contribution in [-0.2, 0) is 19.3 Å². The van der Waals surface area contributed by atoms with Gasteiger partial charge in [-0.2, -0.15) is 0 Å². The maximum absolute atomic E-state index is 5.48. The van der Waals surface area contributed by atoms with Crippen LogP contribution in [0, 0.1) is 0 Å². The highest BCUT2D eigenvalue weighted by molar-refractivity contribution is 7.11. The molecule has 0 unspecified atom stereocenters. The molecular formula is C12H22N2S. The third-order valence-electron chi connectivity index (χ3n) is 2.48. The second-order valence-electron chi connectivity index (χ2n) is 3.83. The van der Waals surface area contributed by atoms with Crippen LogP contribution in [-0.4, -0.2) is 11.5 Å². The topological polar surface area (TPSA) is 38.9 Å². The number of nitrogens with two attached hydrogens (primary N) is 1. The van der Waals surface area contributed by atoms with Crippen molar-refractivity contribution in [1.82, 2.24) is 4.98 Å². The second kappa shape index (κ2) is 6.96. The van der Waals surface area contributed by atoms with E-state index in [4.69, 9.17) is 10.7 Å². The van der Waals surface area contributed by atoms with Gasteiger partial charge in [0.05, 0.1) is 10.7 Å². The van der Waals surface area contributed by atoms with Crippen LogP contribution in [0.4, 0.5) is 0 Å². The molecule has 1 rings (SSSR count). The summed E-state index contributed by atoms with van der Waals surface area (Å²) in [5.41, 5.74) is 6.83. The van der Waals surface area contributed by atoms with E-state index in [1.54, 1.807) is 0 Å². The molecule has 0 bridgehead atoms. The number of unbranched alkanes of at least 4 members (excludes halogenated alkanes) is 1. The van der Waals surface area contributed by atoms with Gasteiger partial charge < -0.3 is 5.73 Å². The number of hydrogen-bond acceptors (Lipinski definition) is 3. The lowest BCUT2D eigenvalue weighted by atomic mass is 10.2. The molecule has 0 radical (unpaired) electrons. The summed E-state index contributed by atoms with van der Waals surface area (Å²) in [6.45, 7) is 5.23. The van der Waals surface area contributed by atoms with Gasteiger partial charge in [-0.1, -0.05) is 20.3 Å². The van der Waals surface area contributed by atoms with Crippen LogP contribution in [0.5, 0.6) is 0 Å². The van der Waals surface area contributed by atoms with Crippen molar-refractivity contribution in [2.24, 2.45) is 5.73 Å². The molecule has 1 aromatic heterocycles. The molecule has 1 aromatic rings. The Hall–Kier alpha value is -0.410. The van der Waals surface area contributed by atoms with Crippen molar-refractivity contribution >= 4 is 11.3 Å². The van der Waals surface area contributed by atoms with Crippen molar-refractivity contribution in [2.75, 3.05) is 6.54 Å². The number of rotatable bonds is 7. The molecule has 0 saturated heterocycles. The Morgan fingerprint density at radius 1 is 1.20 bits per heavy atom. The molecule has 3 heteroatoms. The van der Waals surface area contributed by atoms with E-state index in [1.165, 1.54) is 28.4 Å². The summed E-state index contributed by atoms with van der Waals surface area (Å²) >= 11 is 1.90. The van der Waals surface area contributed by atoms with E-state index in [0.717, 1.165) is 32.2 Å². The molecule has 0 aliphatic heterocycles. The molecule has 0 aliphatic carbocycles. The van der Waals surface area contributed by atoms with Crippen molar-refractivity contribution in [1.29, 1.82) is 0 Å². The minimum absolute atomic E-state index is 0.799. The third-order valence-corrected chi connectivity index (χ3v) is 3.78. The van der Waals surface area contributed by atoms with Gasteiger partial charge in [0.1, 0.15) is 0 Å². The predicted molar refractivity (Wildman–Crippen MR) is 67.5 cm³/mol. The molecule has 15 heavy (non-hydrogen) atoms. The number of aromatic nitrogens is 1. The highest BCUT2D eigenvalue weighted by atomic mass is 32.1. The molecule has 0 aromatic carbocycles. The van der Waals surface area contributed by atoms with Gasteiger partial charge in [0, 0.05) is 4.88 Å². The van der Waals surface area contributed by atoms with E-state index in [9.17, 15) is 0 Å². The lowest BCUT2D eigenvalue weighted by molar-refractivity contribution is 0.737. The summed E-state index contributed by atoms with van der Waals surface area (Å²) < 4.78 is 0. The lowest BCUT2D eigenvalue weighted by Crippen LogP contribution is -1.98. The van der Waals surface area contributed by atoms with Crippen molar-refractivity contribution in [3.63, 3.8) is 0 Å². The SMILES string of the molecule is CCCc1nc(CCCCN)sc1CC. The zero-order valence-electron chi connectivity index (χ0n) is 9.88. The summed E-state index contributed by atoms with van der Waals surface area (Å²) in [7, 11) is 0. The van der Waals surface area contributed by atoms with Gasteiger partial charge in [-0.05, 0) is 38.6 Å². The Kier molecular flexibility index (Phi) is 5.88.